The summed E-state index contributed by atoms with van der Waals surface area (Å²) in [6.07, 6.45) is 0.920. The molecule has 2 aliphatic heterocycles. The van der Waals surface area contributed by atoms with Crippen molar-refractivity contribution in [1.82, 2.24) is 15.1 Å². The summed E-state index contributed by atoms with van der Waals surface area (Å²) in [5, 5.41) is 3.08. The van der Waals surface area contributed by atoms with Crippen LogP contribution < -0.4 is 5.32 Å². The summed E-state index contributed by atoms with van der Waals surface area (Å²) in [5.74, 6) is 0.802. The summed E-state index contributed by atoms with van der Waals surface area (Å²) in [6.45, 7) is 8.29. The van der Waals surface area contributed by atoms with Crippen molar-refractivity contribution in [3.05, 3.63) is 0 Å². The Balaban J connectivity index is 0.00000288. The van der Waals surface area contributed by atoms with Crippen LogP contribution in [0.25, 0.3) is 0 Å². The molecule has 2 rings (SSSR count). The number of carbonyl (C=O) groups excluding carboxylic acids is 1. The minimum atomic E-state index is -2.99. The number of ether oxygens (including phenoxy) is 1. The number of hydrogen-bond acceptors (Lipinski definition) is 7. The minimum absolute atomic E-state index is 0. The van der Waals surface area contributed by atoms with Crippen molar-refractivity contribution in [1.29, 1.82) is 0 Å². The van der Waals surface area contributed by atoms with Crippen LogP contribution in [0.1, 0.15) is 20.8 Å². The molecule has 0 aliphatic carbocycles. The Bertz CT molecular complexity index is 588. The number of piperazine rings is 1. The number of aliphatic imine (C=N–C) groups is 1. The monoisotopic (exact) mass is 474 g/mol. The van der Waals surface area contributed by atoms with E-state index in [-0.39, 0.29) is 41.9 Å². The van der Waals surface area contributed by atoms with Crippen molar-refractivity contribution in [3.63, 3.8) is 0 Å². The smallest absolute Gasteiger partial charge is 0.410 e. The molecule has 8 nitrogen and oxygen atoms in total. The summed E-state index contributed by atoms with van der Waals surface area (Å²) >= 11 is 0. The molecule has 0 aromatic heterocycles. The Labute approximate surface area is 160 Å². The third kappa shape index (κ3) is 6.26. The van der Waals surface area contributed by atoms with Gasteiger partial charge < -0.3 is 19.9 Å². The van der Waals surface area contributed by atoms with Gasteiger partial charge in [0.15, 0.2) is 5.96 Å². The first-order valence-corrected chi connectivity index (χ1v) is 9.82. The second-order valence-corrected chi connectivity index (χ2v) is 9.25. The van der Waals surface area contributed by atoms with Crippen LogP contribution in [0.3, 0.4) is 0 Å². The van der Waals surface area contributed by atoms with Crippen molar-refractivity contribution in [3.8, 4) is 0 Å². The van der Waals surface area contributed by atoms with E-state index in [2.05, 4.69) is 15.2 Å². The largest absolute Gasteiger partial charge is 0.444 e. The molecule has 0 bridgehead atoms. The van der Waals surface area contributed by atoms with Gasteiger partial charge in [-0.15, -0.1) is 24.0 Å². The zero-order chi connectivity index (χ0) is 17.3. The van der Waals surface area contributed by atoms with Gasteiger partial charge in [0.25, 0.3) is 0 Å². The van der Waals surface area contributed by atoms with E-state index in [1.54, 1.807) is 4.90 Å². The van der Waals surface area contributed by atoms with Gasteiger partial charge in [-0.25, -0.2) is 13.2 Å². The third-order valence-corrected chi connectivity index (χ3v) is 4.56. The molecule has 1 atom stereocenters. The Morgan fingerprint density at radius 3 is 2.62 bits per heavy atom. The average Bonchev–Trinajstić information content (AvgIpc) is 2.78. The fraction of sp³-hybridized carbons (Fsp3) is 0.857. The van der Waals surface area contributed by atoms with Crippen LogP contribution in [0.5, 0.6) is 0 Å². The van der Waals surface area contributed by atoms with E-state index < -0.39 is 15.4 Å². The average molecular weight is 474 g/mol. The van der Waals surface area contributed by atoms with Gasteiger partial charge in [-0.2, -0.15) is 0 Å². The van der Waals surface area contributed by atoms with Crippen LogP contribution in [0.2, 0.25) is 0 Å². The highest BCUT2D eigenvalue weighted by Gasteiger charge is 2.36. The second kappa shape index (κ2) is 8.07. The van der Waals surface area contributed by atoms with Crippen LogP contribution in [-0.2, 0) is 14.6 Å². The number of halogens is 1. The maximum Gasteiger partial charge on any atom is 0.410 e. The number of rotatable bonds is 3. The van der Waals surface area contributed by atoms with E-state index in [4.69, 9.17) is 4.74 Å². The SMILES string of the molecule is CC(C)(C)OC(=O)N1CCN2C(NCCS(C)(=O)=O)=NCC2C1.I. The highest BCUT2D eigenvalue weighted by Crippen LogP contribution is 2.18. The lowest BCUT2D eigenvalue weighted by atomic mass is 10.2. The molecule has 2 heterocycles. The second-order valence-electron chi connectivity index (χ2n) is 6.99. The third-order valence-electron chi connectivity index (χ3n) is 3.61. The molecule has 0 aromatic rings. The molecule has 1 saturated heterocycles. The van der Waals surface area contributed by atoms with E-state index in [0.29, 0.717) is 32.7 Å². The number of guanidine groups is 1. The lowest BCUT2D eigenvalue weighted by molar-refractivity contribution is 0.0137. The first-order valence-electron chi connectivity index (χ1n) is 7.76. The van der Waals surface area contributed by atoms with Crippen molar-refractivity contribution in [2.24, 2.45) is 4.99 Å². The number of hydrogen-bond donors (Lipinski definition) is 1. The highest BCUT2D eigenvalue weighted by molar-refractivity contribution is 14.0. The van der Waals surface area contributed by atoms with Gasteiger partial charge in [-0.3, -0.25) is 4.99 Å². The normalized spacial score (nSPS) is 20.8. The van der Waals surface area contributed by atoms with Gasteiger partial charge in [-0.05, 0) is 20.8 Å². The molecule has 1 amide bonds. The quantitative estimate of drug-likeness (QED) is 0.601. The van der Waals surface area contributed by atoms with Gasteiger partial charge in [0.1, 0.15) is 15.4 Å². The number of sulfone groups is 1. The molecule has 24 heavy (non-hydrogen) atoms. The van der Waals surface area contributed by atoms with Gasteiger partial charge in [0, 0.05) is 32.4 Å². The summed E-state index contributed by atoms with van der Waals surface area (Å²) in [5.41, 5.74) is -0.501. The van der Waals surface area contributed by atoms with Crippen LogP contribution >= 0.6 is 24.0 Å². The molecular formula is C14H27IN4O4S. The maximum atomic E-state index is 12.1. The Morgan fingerprint density at radius 1 is 1.38 bits per heavy atom. The molecule has 0 aromatic carbocycles. The zero-order valence-corrected chi connectivity index (χ0v) is 17.8. The molecule has 0 saturated carbocycles. The van der Waals surface area contributed by atoms with Crippen molar-refractivity contribution in [2.75, 3.05) is 44.7 Å². The lowest BCUT2D eigenvalue weighted by Gasteiger charge is -2.39. The molecule has 0 spiro atoms. The molecule has 1 unspecified atom stereocenters. The summed E-state index contributed by atoms with van der Waals surface area (Å²) in [4.78, 5) is 20.4. The van der Waals surface area contributed by atoms with Gasteiger partial charge >= 0.3 is 6.09 Å². The van der Waals surface area contributed by atoms with Gasteiger partial charge in [0.2, 0.25) is 0 Å². The van der Waals surface area contributed by atoms with Crippen molar-refractivity contribution >= 4 is 45.9 Å². The summed E-state index contributed by atoms with van der Waals surface area (Å²) < 4.78 is 27.7. The van der Waals surface area contributed by atoms with Crippen LogP contribution in [-0.4, -0.2) is 86.6 Å². The predicted octanol–water partition coefficient (Wildman–Crippen LogP) is 0.530. The Morgan fingerprint density at radius 2 is 2.04 bits per heavy atom. The van der Waals surface area contributed by atoms with E-state index in [0.717, 1.165) is 5.96 Å². The lowest BCUT2D eigenvalue weighted by Crippen LogP contribution is -2.57. The minimum Gasteiger partial charge on any atom is -0.444 e. The molecule has 2 aliphatic rings. The number of nitrogens with zero attached hydrogens (tertiary/aromatic N) is 3. The number of carbonyl (C=O) groups is 1. The van der Waals surface area contributed by atoms with Crippen molar-refractivity contribution in [2.45, 2.75) is 32.4 Å². The number of fused-ring (bicyclic) bond motifs is 1. The van der Waals surface area contributed by atoms with Gasteiger partial charge in [-0.1, -0.05) is 0 Å². The van der Waals surface area contributed by atoms with E-state index in [1.165, 1.54) is 6.26 Å². The van der Waals surface area contributed by atoms with Crippen LogP contribution in [0, 0.1) is 0 Å². The van der Waals surface area contributed by atoms with Crippen LogP contribution in [0.15, 0.2) is 4.99 Å². The summed E-state index contributed by atoms with van der Waals surface area (Å²) in [6, 6.07) is 0.122. The fourth-order valence-electron chi connectivity index (χ4n) is 2.57. The molecule has 10 heteroatoms. The topological polar surface area (TPSA) is 91.3 Å². The molecular weight excluding hydrogens is 447 g/mol. The molecule has 140 valence electrons. The highest BCUT2D eigenvalue weighted by atomic mass is 127. The fourth-order valence-corrected chi connectivity index (χ4v) is 3.04. The maximum absolute atomic E-state index is 12.1. The Hall–Kier alpha value is -0.780. The first-order chi connectivity index (χ1) is 10.6. The zero-order valence-electron chi connectivity index (χ0n) is 14.6. The predicted molar refractivity (Wildman–Crippen MR) is 104 cm³/mol. The summed E-state index contributed by atoms with van der Waals surface area (Å²) in [7, 11) is -2.99. The first kappa shape index (κ1) is 21.3. The molecule has 1 fully saturated rings. The van der Waals surface area contributed by atoms with E-state index in [1.807, 2.05) is 20.8 Å². The van der Waals surface area contributed by atoms with E-state index in [9.17, 15) is 13.2 Å². The number of amides is 1. The molecule has 0 radical (unpaired) electrons. The van der Waals surface area contributed by atoms with E-state index >= 15 is 0 Å². The standard InChI is InChI=1S/C14H26N4O4S.HI/c1-14(2,3)22-13(19)17-6-7-18-11(10-17)9-16-12(18)15-5-8-23(4,20)21;/h11H,5-10H2,1-4H3,(H,15,16);1H. The van der Waals surface area contributed by atoms with Crippen LogP contribution in [0.4, 0.5) is 4.79 Å². The van der Waals surface area contributed by atoms with Gasteiger partial charge in [0.05, 0.1) is 18.3 Å². The Kier molecular flexibility index (Phi) is 7.15. The molecule has 1 N–H and O–H groups in total. The number of nitrogens with one attached hydrogen (secondary N) is 1. The van der Waals surface area contributed by atoms with Crippen molar-refractivity contribution < 1.29 is 17.9 Å².